The summed E-state index contributed by atoms with van der Waals surface area (Å²) in [7, 11) is 1.64. The summed E-state index contributed by atoms with van der Waals surface area (Å²) >= 11 is 1.58. The Morgan fingerprint density at radius 1 is 1.26 bits per heavy atom. The van der Waals surface area contributed by atoms with E-state index in [-0.39, 0.29) is 24.0 Å². The first-order chi connectivity index (χ1) is 16.0. The maximum absolute atomic E-state index is 13.8. The van der Waals surface area contributed by atoms with E-state index in [4.69, 9.17) is 0 Å². The molecule has 0 spiro atoms. The van der Waals surface area contributed by atoms with Gasteiger partial charge < -0.3 is 14.7 Å². The van der Waals surface area contributed by atoms with Gasteiger partial charge in [0.1, 0.15) is 0 Å². The van der Waals surface area contributed by atoms with Crippen LogP contribution in [-0.4, -0.2) is 52.8 Å². The van der Waals surface area contributed by atoms with Crippen LogP contribution < -0.4 is 0 Å². The predicted molar refractivity (Wildman–Crippen MR) is 126 cm³/mol. The number of carbonyl (C=O) groups excluding carboxylic acids is 2. The third kappa shape index (κ3) is 4.42. The SMILES string of the molecule is CCc1cc([C@@H](C)N(C)C(=O)N2CCN3C(=O)CC[C@H]3[C@@H]2c2sccc2C)cc(C(F)(F)F)c1. The molecule has 0 N–H and O–H groups in total. The van der Waals surface area contributed by atoms with Crippen molar-refractivity contribution in [3.8, 4) is 0 Å². The van der Waals surface area contributed by atoms with Gasteiger partial charge in [-0.3, -0.25) is 4.79 Å². The molecule has 3 heterocycles. The molecule has 34 heavy (non-hydrogen) atoms. The van der Waals surface area contributed by atoms with E-state index in [0.717, 1.165) is 16.5 Å². The molecule has 2 fully saturated rings. The number of thiophene rings is 1. The van der Waals surface area contributed by atoms with E-state index in [2.05, 4.69) is 0 Å². The van der Waals surface area contributed by atoms with E-state index < -0.39 is 17.8 Å². The minimum absolute atomic E-state index is 0.0773. The van der Waals surface area contributed by atoms with Crippen molar-refractivity contribution in [1.29, 1.82) is 0 Å². The number of halogens is 3. The molecule has 2 aliphatic rings. The molecule has 4 rings (SSSR count). The standard InChI is InChI=1S/C25H30F3N3O2S/c1-5-17-12-18(14-19(13-17)25(26,27)28)16(3)29(4)24(33)31-10-9-30-20(6-7-21(30)32)22(31)23-15(2)8-11-34-23/h8,11-14,16,20,22H,5-7,9-10H2,1-4H3/t16-,20+,22-/m1/s1. The van der Waals surface area contributed by atoms with Gasteiger partial charge in [0.05, 0.1) is 23.7 Å². The van der Waals surface area contributed by atoms with Crippen molar-refractivity contribution in [2.24, 2.45) is 0 Å². The largest absolute Gasteiger partial charge is 0.416 e. The fourth-order valence-corrected chi connectivity index (χ4v) is 6.17. The van der Waals surface area contributed by atoms with E-state index in [9.17, 15) is 22.8 Å². The molecule has 9 heteroatoms. The Bertz CT molecular complexity index is 1080. The molecule has 3 amide bonds. The molecule has 1 aromatic heterocycles. The van der Waals surface area contributed by atoms with Gasteiger partial charge >= 0.3 is 12.2 Å². The zero-order valence-electron chi connectivity index (χ0n) is 19.9. The Morgan fingerprint density at radius 2 is 2.00 bits per heavy atom. The highest BCUT2D eigenvalue weighted by Crippen LogP contribution is 2.42. The number of piperazine rings is 1. The first-order valence-corrected chi connectivity index (χ1v) is 12.5. The van der Waals surface area contributed by atoms with Crippen molar-refractivity contribution >= 4 is 23.3 Å². The van der Waals surface area contributed by atoms with Crippen LogP contribution in [0, 0.1) is 6.92 Å². The summed E-state index contributed by atoms with van der Waals surface area (Å²) in [6.45, 7) is 6.44. The average Bonchev–Trinajstić information content (AvgIpc) is 3.41. The molecule has 5 nitrogen and oxygen atoms in total. The molecule has 2 saturated heterocycles. The Hall–Kier alpha value is -2.55. The molecule has 1 aromatic carbocycles. The monoisotopic (exact) mass is 493 g/mol. The number of hydrogen-bond donors (Lipinski definition) is 0. The number of urea groups is 1. The summed E-state index contributed by atoms with van der Waals surface area (Å²) in [4.78, 5) is 32.5. The molecule has 2 aromatic rings. The zero-order valence-corrected chi connectivity index (χ0v) is 20.7. The Morgan fingerprint density at radius 3 is 2.62 bits per heavy atom. The number of amides is 3. The lowest BCUT2D eigenvalue weighted by atomic mass is 9.97. The highest BCUT2D eigenvalue weighted by molar-refractivity contribution is 7.10. The second-order valence-corrected chi connectivity index (χ2v) is 10.1. The van der Waals surface area contributed by atoms with E-state index in [1.807, 2.05) is 35.1 Å². The molecule has 0 aliphatic carbocycles. The summed E-state index contributed by atoms with van der Waals surface area (Å²) < 4.78 is 40.4. The van der Waals surface area contributed by atoms with Gasteiger partial charge in [-0.2, -0.15) is 13.2 Å². The number of fused-ring (bicyclic) bond motifs is 1. The predicted octanol–water partition coefficient (Wildman–Crippen LogP) is 5.80. The molecular weight excluding hydrogens is 463 g/mol. The van der Waals surface area contributed by atoms with Crippen LogP contribution in [0.5, 0.6) is 0 Å². The van der Waals surface area contributed by atoms with Gasteiger partial charge in [-0.25, -0.2) is 4.79 Å². The average molecular weight is 494 g/mol. The molecule has 184 valence electrons. The third-order valence-electron chi connectivity index (χ3n) is 7.19. The number of rotatable bonds is 4. The molecule has 3 atom stereocenters. The van der Waals surface area contributed by atoms with Crippen molar-refractivity contribution in [2.75, 3.05) is 20.1 Å². The zero-order chi connectivity index (χ0) is 24.8. The van der Waals surface area contributed by atoms with Crippen LogP contribution in [0.2, 0.25) is 0 Å². The van der Waals surface area contributed by atoms with Gasteiger partial charge in [-0.1, -0.05) is 13.0 Å². The first kappa shape index (κ1) is 24.6. The van der Waals surface area contributed by atoms with Crippen molar-refractivity contribution < 1.29 is 22.8 Å². The second kappa shape index (κ2) is 9.24. The van der Waals surface area contributed by atoms with Crippen LogP contribution in [0.3, 0.4) is 0 Å². The van der Waals surface area contributed by atoms with Crippen molar-refractivity contribution in [3.05, 3.63) is 56.8 Å². The van der Waals surface area contributed by atoms with Crippen LogP contribution in [-0.2, 0) is 17.4 Å². The van der Waals surface area contributed by atoms with Crippen molar-refractivity contribution in [1.82, 2.24) is 14.7 Å². The lowest BCUT2D eigenvalue weighted by Crippen LogP contribution is -2.57. The molecule has 0 bridgehead atoms. The molecule has 0 saturated carbocycles. The summed E-state index contributed by atoms with van der Waals surface area (Å²) in [5.41, 5.74) is 1.43. The fourth-order valence-electron chi connectivity index (χ4n) is 5.07. The van der Waals surface area contributed by atoms with E-state index in [0.29, 0.717) is 43.5 Å². The molecular formula is C25H30F3N3O2S. The summed E-state index contributed by atoms with van der Waals surface area (Å²) in [6, 6.07) is 4.96. The quantitative estimate of drug-likeness (QED) is 0.541. The van der Waals surface area contributed by atoms with Crippen molar-refractivity contribution in [3.63, 3.8) is 0 Å². The van der Waals surface area contributed by atoms with Gasteiger partial charge in [-0.15, -0.1) is 11.3 Å². The number of aryl methyl sites for hydroxylation is 2. The van der Waals surface area contributed by atoms with E-state index in [1.165, 1.54) is 11.0 Å². The smallest absolute Gasteiger partial charge is 0.335 e. The van der Waals surface area contributed by atoms with Gasteiger partial charge in [-0.05, 0) is 67.0 Å². The molecule has 0 radical (unpaired) electrons. The maximum atomic E-state index is 13.8. The topological polar surface area (TPSA) is 43.9 Å². The number of nitrogens with zero attached hydrogens (tertiary/aromatic N) is 3. The normalized spacial score (nSPS) is 21.6. The van der Waals surface area contributed by atoms with Gasteiger partial charge in [0.25, 0.3) is 0 Å². The lowest BCUT2D eigenvalue weighted by Gasteiger charge is -2.46. The van der Waals surface area contributed by atoms with E-state index >= 15 is 0 Å². The summed E-state index contributed by atoms with van der Waals surface area (Å²) in [6.07, 6.45) is -2.81. The number of benzene rings is 1. The number of carbonyl (C=O) groups is 2. The lowest BCUT2D eigenvalue weighted by molar-refractivity contribution is -0.137. The van der Waals surface area contributed by atoms with Gasteiger partial charge in [0, 0.05) is 31.4 Å². The van der Waals surface area contributed by atoms with Crippen LogP contribution in [0.1, 0.15) is 65.9 Å². The minimum Gasteiger partial charge on any atom is -0.335 e. The number of hydrogen-bond acceptors (Lipinski definition) is 3. The fraction of sp³-hybridized carbons (Fsp3) is 0.520. The molecule has 0 unspecified atom stereocenters. The molecule has 2 aliphatic heterocycles. The Balaban J connectivity index is 1.65. The first-order valence-electron chi connectivity index (χ1n) is 11.6. The van der Waals surface area contributed by atoms with Gasteiger partial charge in [0.2, 0.25) is 5.91 Å². The highest BCUT2D eigenvalue weighted by atomic mass is 32.1. The second-order valence-electron chi connectivity index (χ2n) is 9.18. The van der Waals surface area contributed by atoms with Crippen LogP contribution in [0.15, 0.2) is 29.6 Å². The number of alkyl halides is 3. The van der Waals surface area contributed by atoms with Gasteiger partial charge in [0.15, 0.2) is 0 Å². The Labute approximate surface area is 202 Å². The maximum Gasteiger partial charge on any atom is 0.416 e. The summed E-state index contributed by atoms with van der Waals surface area (Å²) in [5, 5.41) is 1.99. The highest BCUT2D eigenvalue weighted by Gasteiger charge is 2.46. The summed E-state index contributed by atoms with van der Waals surface area (Å²) in [5.74, 6) is 0.120. The Kier molecular flexibility index (Phi) is 6.68. The van der Waals surface area contributed by atoms with E-state index in [1.54, 1.807) is 31.4 Å². The van der Waals surface area contributed by atoms with Crippen LogP contribution >= 0.6 is 11.3 Å². The van der Waals surface area contributed by atoms with Crippen molar-refractivity contribution in [2.45, 2.75) is 64.3 Å². The minimum atomic E-state index is -4.45. The third-order valence-corrected chi connectivity index (χ3v) is 8.28. The van der Waals surface area contributed by atoms with Crippen LogP contribution in [0.4, 0.5) is 18.0 Å². The van der Waals surface area contributed by atoms with Crippen LogP contribution in [0.25, 0.3) is 0 Å².